The summed E-state index contributed by atoms with van der Waals surface area (Å²) >= 11 is 0. The molecular weight excluding hydrogens is 308 g/mol. The zero-order chi connectivity index (χ0) is 16.5. The smallest absolute Gasteiger partial charge is 0.414 e. The molecule has 0 unspecified atom stereocenters. The average Bonchev–Trinajstić information content (AvgIpc) is 3.23. The van der Waals surface area contributed by atoms with Gasteiger partial charge in [0.05, 0.1) is 23.9 Å². The maximum atomic E-state index is 12.3. The van der Waals surface area contributed by atoms with E-state index in [0.29, 0.717) is 24.4 Å². The minimum absolute atomic E-state index is 0.208. The Labute approximate surface area is 137 Å². The molecule has 120 valence electrons. The van der Waals surface area contributed by atoms with Crippen molar-refractivity contribution >= 4 is 34.4 Å². The number of rotatable bonds is 3. The van der Waals surface area contributed by atoms with Crippen molar-refractivity contribution in [2.75, 3.05) is 23.4 Å². The summed E-state index contributed by atoms with van der Waals surface area (Å²) in [5.41, 5.74) is 3.56. The highest BCUT2D eigenvalue weighted by Gasteiger charge is 2.23. The van der Waals surface area contributed by atoms with E-state index in [2.05, 4.69) is 15.3 Å². The van der Waals surface area contributed by atoms with Crippen molar-refractivity contribution in [2.45, 2.75) is 0 Å². The van der Waals surface area contributed by atoms with Gasteiger partial charge in [-0.1, -0.05) is 0 Å². The number of carbonyl (C=O) groups is 2. The second-order valence-electron chi connectivity index (χ2n) is 5.40. The zero-order valence-corrected chi connectivity index (χ0v) is 12.7. The van der Waals surface area contributed by atoms with Crippen LogP contribution in [0.25, 0.3) is 11.0 Å². The number of hydrogen-bond donors (Lipinski definition) is 2. The molecule has 0 radical (unpaired) electrons. The number of aromatic amines is 1. The number of nitrogens with zero attached hydrogens (tertiary/aromatic N) is 2. The van der Waals surface area contributed by atoms with Crippen LogP contribution in [0, 0.1) is 0 Å². The van der Waals surface area contributed by atoms with Crippen LogP contribution in [0.1, 0.15) is 10.4 Å². The first kappa shape index (κ1) is 14.3. The van der Waals surface area contributed by atoms with Crippen LogP contribution in [0.2, 0.25) is 0 Å². The first-order valence-electron chi connectivity index (χ1n) is 7.49. The van der Waals surface area contributed by atoms with Gasteiger partial charge in [0.1, 0.15) is 6.61 Å². The van der Waals surface area contributed by atoms with Crippen LogP contribution in [-0.4, -0.2) is 35.1 Å². The van der Waals surface area contributed by atoms with Crippen LogP contribution in [0.3, 0.4) is 0 Å². The lowest BCUT2D eigenvalue weighted by Crippen LogP contribution is -2.23. The molecule has 1 aromatic heterocycles. The Morgan fingerprint density at radius 1 is 1.21 bits per heavy atom. The minimum Gasteiger partial charge on any atom is -0.447 e. The van der Waals surface area contributed by atoms with Gasteiger partial charge in [0, 0.05) is 16.9 Å². The normalized spacial score (nSPS) is 14.0. The summed E-state index contributed by atoms with van der Waals surface area (Å²) in [7, 11) is 0. The average molecular weight is 322 g/mol. The third kappa shape index (κ3) is 2.56. The van der Waals surface area contributed by atoms with Gasteiger partial charge in [-0.3, -0.25) is 9.69 Å². The van der Waals surface area contributed by atoms with Gasteiger partial charge >= 0.3 is 6.09 Å². The van der Waals surface area contributed by atoms with E-state index in [-0.39, 0.29) is 12.0 Å². The third-order valence-corrected chi connectivity index (χ3v) is 3.88. The summed E-state index contributed by atoms with van der Waals surface area (Å²) in [6, 6.07) is 12.4. The Hall–Kier alpha value is -3.35. The molecule has 7 heteroatoms. The number of amides is 2. The van der Waals surface area contributed by atoms with Gasteiger partial charge in [0.25, 0.3) is 5.91 Å². The molecule has 0 saturated carbocycles. The van der Waals surface area contributed by atoms with Crippen molar-refractivity contribution in [3.05, 3.63) is 54.4 Å². The summed E-state index contributed by atoms with van der Waals surface area (Å²) in [4.78, 5) is 32.5. The first-order valence-corrected chi connectivity index (χ1v) is 7.49. The number of ether oxygens (including phenoxy) is 1. The van der Waals surface area contributed by atoms with Gasteiger partial charge in [0.15, 0.2) is 0 Å². The number of cyclic esters (lactones) is 1. The fraction of sp³-hybridized carbons (Fsp3) is 0.118. The highest BCUT2D eigenvalue weighted by atomic mass is 16.6. The number of carbonyl (C=O) groups excluding carboxylic acids is 2. The Morgan fingerprint density at radius 2 is 2.04 bits per heavy atom. The molecule has 2 aromatic carbocycles. The number of hydrogen-bond acceptors (Lipinski definition) is 4. The van der Waals surface area contributed by atoms with Crippen molar-refractivity contribution in [1.82, 2.24) is 9.97 Å². The molecule has 1 saturated heterocycles. The van der Waals surface area contributed by atoms with Gasteiger partial charge in [-0.25, -0.2) is 9.78 Å². The molecule has 1 aliphatic rings. The number of imidazole rings is 1. The molecule has 2 heterocycles. The van der Waals surface area contributed by atoms with Crippen molar-refractivity contribution in [1.29, 1.82) is 0 Å². The Bertz CT molecular complexity index is 917. The number of H-pyrrole nitrogens is 1. The number of anilines is 2. The van der Waals surface area contributed by atoms with E-state index in [0.717, 1.165) is 16.7 Å². The predicted molar refractivity (Wildman–Crippen MR) is 89.2 cm³/mol. The number of nitrogens with one attached hydrogen (secondary N) is 2. The topological polar surface area (TPSA) is 87.3 Å². The number of fused-ring (bicyclic) bond motifs is 1. The first-order chi connectivity index (χ1) is 11.7. The fourth-order valence-electron chi connectivity index (χ4n) is 2.63. The summed E-state index contributed by atoms with van der Waals surface area (Å²) in [6.45, 7) is 0.933. The van der Waals surface area contributed by atoms with Gasteiger partial charge in [-0.05, 0) is 42.5 Å². The molecule has 7 nitrogen and oxygen atoms in total. The molecule has 1 fully saturated rings. The van der Waals surface area contributed by atoms with Gasteiger partial charge in [0.2, 0.25) is 0 Å². The molecule has 0 bridgehead atoms. The zero-order valence-electron chi connectivity index (χ0n) is 12.7. The molecule has 2 amide bonds. The fourth-order valence-corrected chi connectivity index (χ4v) is 2.63. The predicted octanol–water partition coefficient (Wildman–Crippen LogP) is 2.77. The Morgan fingerprint density at radius 3 is 2.79 bits per heavy atom. The van der Waals surface area contributed by atoms with Gasteiger partial charge in [-0.2, -0.15) is 0 Å². The molecule has 3 aromatic rings. The summed E-state index contributed by atoms with van der Waals surface area (Å²) in [6.07, 6.45) is 1.24. The van der Waals surface area contributed by atoms with Crippen LogP contribution >= 0.6 is 0 Å². The van der Waals surface area contributed by atoms with E-state index < -0.39 is 0 Å². The second-order valence-corrected chi connectivity index (χ2v) is 5.40. The quantitative estimate of drug-likeness (QED) is 0.776. The lowest BCUT2D eigenvalue weighted by atomic mass is 10.2. The molecule has 24 heavy (non-hydrogen) atoms. The highest BCUT2D eigenvalue weighted by Crippen LogP contribution is 2.21. The minimum atomic E-state index is -0.348. The summed E-state index contributed by atoms with van der Waals surface area (Å²) in [5.74, 6) is -0.208. The molecule has 1 aliphatic heterocycles. The molecule has 0 aliphatic carbocycles. The molecule has 2 N–H and O–H groups in total. The van der Waals surface area contributed by atoms with E-state index >= 15 is 0 Å². The van der Waals surface area contributed by atoms with Crippen LogP contribution < -0.4 is 10.2 Å². The number of benzene rings is 2. The third-order valence-electron chi connectivity index (χ3n) is 3.88. The van der Waals surface area contributed by atoms with E-state index in [1.807, 2.05) is 0 Å². The van der Waals surface area contributed by atoms with E-state index in [9.17, 15) is 9.59 Å². The maximum Gasteiger partial charge on any atom is 0.414 e. The van der Waals surface area contributed by atoms with Crippen molar-refractivity contribution in [2.24, 2.45) is 0 Å². The van der Waals surface area contributed by atoms with E-state index in [1.54, 1.807) is 53.7 Å². The van der Waals surface area contributed by atoms with Crippen molar-refractivity contribution in [3.8, 4) is 0 Å². The highest BCUT2D eigenvalue weighted by molar-refractivity contribution is 6.06. The van der Waals surface area contributed by atoms with E-state index in [4.69, 9.17) is 4.74 Å². The Kier molecular flexibility index (Phi) is 3.38. The monoisotopic (exact) mass is 322 g/mol. The van der Waals surface area contributed by atoms with Crippen molar-refractivity contribution < 1.29 is 14.3 Å². The largest absolute Gasteiger partial charge is 0.447 e. The van der Waals surface area contributed by atoms with E-state index in [1.165, 1.54) is 0 Å². The van der Waals surface area contributed by atoms with Gasteiger partial charge in [-0.15, -0.1) is 0 Å². The van der Waals surface area contributed by atoms with Gasteiger partial charge < -0.3 is 15.0 Å². The summed E-state index contributed by atoms with van der Waals surface area (Å²) in [5, 5.41) is 2.84. The van der Waals surface area contributed by atoms with Crippen LogP contribution in [0.4, 0.5) is 16.2 Å². The summed E-state index contributed by atoms with van der Waals surface area (Å²) < 4.78 is 4.91. The molecule has 0 spiro atoms. The number of aromatic nitrogens is 2. The Balaban J connectivity index is 1.50. The standard InChI is InChI=1S/C17H14N4O3/c22-16(11-1-6-14-15(9-11)19-10-18-14)20-12-2-4-13(5-3-12)21-7-8-24-17(21)23/h1-6,9-10H,7-8H2,(H,18,19)(H,20,22). The lowest BCUT2D eigenvalue weighted by Gasteiger charge is -2.13. The van der Waals surface area contributed by atoms with Crippen LogP contribution in [0.5, 0.6) is 0 Å². The van der Waals surface area contributed by atoms with Crippen molar-refractivity contribution in [3.63, 3.8) is 0 Å². The molecular formula is C17H14N4O3. The lowest BCUT2D eigenvalue weighted by molar-refractivity contribution is 0.102. The molecule has 0 atom stereocenters. The molecule has 4 rings (SSSR count). The van der Waals surface area contributed by atoms with Crippen LogP contribution in [0.15, 0.2) is 48.8 Å². The SMILES string of the molecule is O=C(Nc1ccc(N2CCOC2=O)cc1)c1ccc2nc[nH]c2c1. The second kappa shape index (κ2) is 5.69. The maximum absolute atomic E-state index is 12.3. The van der Waals surface area contributed by atoms with Crippen LogP contribution in [-0.2, 0) is 4.74 Å².